The standard InChI is InChI=1S/CH4FNO3S/c1-3(2)7(4,5)6/h1H3,(H,4,5,6). The first-order valence-corrected chi connectivity index (χ1v) is 2.71. The van der Waals surface area contributed by atoms with Gasteiger partial charge in [0, 0.05) is 7.05 Å². The van der Waals surface area contributed by atoms with Crippen LogP contribution in [0.1, 0.15) is 0 Å². The lowest BCUT2D eigenvalue weighted by molar-refractivity contribution is 0.158. The Morgan fingerprint density at radius 3 is 1.86 bits per heavy atom. The summed E-state index contributed by atoms with van der Waals surface area (Å²) in [5.74, 6) is 0. The predicted molar refractivity (Wildman–Crippen MR) is 20.4 cm³/mol. The lowest BCUT2D eigenvalue weighted by atomic mass is 11.6. The van der Waals surface area contributed by atoms with E-state index in [2.05, 4.69) is 0 Å². The van der Waals surface area contributed by atoms with Crippen LogP contribution < -0.4 is 0 Å². The molecule has 0 fully saturated rings. The van der Waals surface area contributed by atoms with Gasteiger partial charge in [-0.05, 0) is 4.53 Å². The van der Waals surface area contributed by atoms with Crippen LogP contribution in [0, 0.1) is 0 Å². The molecular weight excluding hydrogens is 125 g/mol. The Labute approximate surface area is 40.4 Å². The highest BCUT2D eigenvalue weighted by Crippen LogP contribution is 1.88. The zero-order valence-corrected chi connectivity index (χ0v) is 4.31. The Morgan fingerprint density at radius 1 is 1.71 bits per heavy atom. The smallest absolute Gasteiger partial charge is 0.272 e. The second kappa shape index (κ2) is 1.73. The van der Waals surface area contributed by atoms with Crippen molar-refractivity contribution >= 4 is 10.3 Å². The highest BCUT2D eigenvalue weighted by molar-refractivity contribution is 7.83. The van der Waals surface area contributed by atoms with E-state index in [0.29, 0.717) is 7.05 Å². The zero-order valence-electron chi connectivity index (χ0n) is 3.50. The number of hydrogen-bond acceptors (Lipinski definition) is 2. The van der Waals surface area contributed by atoms with Gasteiger partial charge in [-0.1, -0.05) is 0 Å². The maximum Gasteiger partial charge on any atom is 0.362 e. The fourth-order valence-corrected chi connectivity index (χ4v) is 0. The van der Waals surface area contributed by atoms with Gasteiger partial charge in [-0.3, -0.25) is 4.55 Å². The fourth-order valence-electron chi connectivity index (χ4n) is 0. The van der Waals surface area contributed by atoms with Gasteiger partial charge in [0.05, 0.1) is 0 Å². The summed E-state index contributed by atoms with van der Waals surface area (Å²) in [5, 5.41) is 0. The SMILES string of the molecule is CN(F)S(=O)(=O)O. The van der Waals surface area contributed by atoms with E-state index in [-0.39, 0.29) is 0 Å². The van der Waals surface area contributed by atoms with Gasteiger partial charge in [-0.25, -0.2) is 0 Å². The van der Waals surface area contributed by atoms with Crippen LogP contribution in [0.15, 0.2) is 0 Å². The summed E-state index contributed by atoms with van der Waals surface area (Å²) in [6.45, 7) is 0. The highest BCUT2D eigenvalue weighted by Gasteiger charge is 2.09. The maximum absolute atomic E-state index is 11.2. The molecule has 7 heavy (non-hydrogen) atoms. The second-order valence-corrected chi connectivity index (χ2v) is 2.27. The average molecular weight is 129 g/mol. The number of nitrogens with zero attached hydrogens (tertiary/aromatic N) is 1. The van der Waals surface area contributed by atoms with E-state index < -0.39 is 14.8 Å². The molecule has 0 aliphatic carbocycles. The van der Waals surface area contributed by atoms with Crippen LogP contribution in [0.4, 0.5) is 4.48 Å². The molecule has 0 amide bonds. The fraction of sp³-hybridized carbons (Fsp3) is 1.00. The molecule has 0 bridgehead atoms. The van der Waals surface area contributed by atoms with Gasteiger partial charge in [0.25, 0.3) is 0 Å². The van der Waals surface area contributed by atoms with Crippen LogP contribution in [0.5, 0.6) is 0 Å². The van der Waals surface area contributed by atoms with Crippen LogP contribution in [0.2, 0.25) is 0 Å². The maximum atomic E-state index is 11.2. The molecule has 44 valence electrons. The van der Waals surface area contributed by atoms with E-state index >= 15 is 0 Å². The molecule has 6 heteroatoms. The van der Waals surface area contributed by atoms with E-state index in [0.717, 1.165) is 0 Å². The molecule has 0 aliphatic rings. The van der Waals surface area contributed by atoms with Gasteiger partial charge >= 0.3 is 10.3 Å². The summed E-state index contributed by atoms with van der Waals surface area (Å²) >= 11 is 0. The molecule has 4 nitrogen and oxygen atoms in total. The molecule has 0 aromatic heterocycles. The van der Waals surface area contributed by atoms with Crippen LogP contribution in [-0.4, -0.2) is 24.5 Å². The Morgan fingerprint density at radius 2 is 1.86 bits per heavy atom. The molecule has 0 spiro atoms. The minimum absolute atomic E-state index is 0.579. The minimum atomic E-state index is -4.57. The number of halogens is 1. The predicted octanol–water partition coefficient (Wildman–Crippen LogP) is -0.395. The molecule has 0 aliphatic heterocycles. The summed E-state index contributed by atoms with van der Waals surface area (Å²) in [5.41, 5.74) is 0. The number of hydrogen-bond donors (Lipinski definition) is 1. The van der Waals surface area contributed by atoms with E-state index in [4.69, 9.17) is 4.55 Å². The summed E-state index contributed by atoms with van der Waals surface area (Å²) in [6, 6.07) is 0. The third kappa shape index (κ3) is 2.49. The van der Waals surface area contributed by atoms with Crippen LogP contribution in [-0.2, 0) is 10.3 Å². The van der Waals surface area contributed by atoms with Gasteiger partial charge in [-0.15, -0.1) is 4.48 Å². The van der Waals surface area contributed by atoms with Crippen LogP contribution >= 0.6 is 0 Å². The highest BCUT2D eigenvalue weighted by atomic mass is 32.2. The lowest BCUT2D eigenvalue weighted by Gasteiger charge is -1.94. The van der Waals surface area contributed by atoms with E-state index in [1.807, 2.05) is 0 Å². The van der Waals surface area contributed by atoms with Crippen molar-refractivity contribution in [2.75, 3.05) is 7.05 Å². The molecule has 0 heterocycles. The lowest BCUT2D eigenvalue weighted by Crippen LogP contribution is -2.15. The van der Waals surface area contributed by atoms with E-state index in [9.17, 15) is 12.9 Å². The molecule has 0 atom stereocenters. The van der Waals surface area contributed by atoms with Gasteiger partial charge in [0.15, 0.2) is 0 Å². The van der Waals surface area contributed by atoms with Gasteiger partial charge in [0.2, 0.25) is 0 Å². The Kier molecular flexibility index (Phi) is 1.68. The van der Waals surface area contributed by atoms with Crippen molar-refractivity contribution in [2.24, 2.45) is 0 Å². The molecular formula is CH4FNO3S. The van der Waals surface area contributed by atoms with Gasteiger partial charge in [-0.2, -0.15) is 8.42 Å². The average Bonchev–Trinajstić information content (AvgIpc) is 1.31. The largest absolute Gasteiger partial charge is 0.362 e. The van der Waals surface area contributed by atoms with Crippen molar-refractivity contribution in [2.45, 2.75) is 0 Å². The van der Waals surface area contributed by atoms with Crippen molar-refractivity contribution < 1.29 is 17.5 Å². The third-order valence-electron chi connectivity index (χ3n) is 0.318. The zero-order chi connectivity index (χ0) is 6.08. The number of rotatable bonds is 1. The monoisotopic (exact) mass is 129 g/mol. The van der Waals surface area contributed by atoms with Crippen molar-refractivity contribution in [3.05, 3.63) is 0 Å². The first-order valence-electron chi connectivity index (χ1n) is 1.31. The normalized spacial score (nSPS) is 12.6. The molecule has 0 rings (SSSR count). The molecule has 0 aromatic carbocycles. The van der Waals surface area contributed by atoms with Crippen LogP contribution in [0.3, 0.4) is 0 Å². The summed E-state index contributed by atoms with van der Waals surface area (Å²) in [7, 11) is -4.00. The van der Waals surface area contributed by atoms with Crippen molar-refractivity contribution in [3.8, 4) is 0 Å². The van der Waals surface area contributed by atoms with E-state index in [1.54, 1.807) is 0 Å². The summed E-state index contributed by atoms with van der Waals surface area (Å²) in [4.78, 5) is 0. The summed E-state index contributed by atoms with van der Waals surface area (Å²) < 4.78 is 36.9. The van der Waals surface area contributed by atoms with Gasteiger partial charge in [0.1, 0.15) is 0 Å². The molecule has 1 N–H and O–H groups in total. The molecule has 0 saturated heterocycles. The molecule has 0 saturated carbocycles. The van der Waals surface area contributed by atoms with Crippen molar-refractivity contribution in [1.82, 2.24) is 4.53 Å². The van der Waals surface area contributed by atoms with Crippen molar-refractivity contribution in [1.29, 1.82) is 0 Å². The first-order chi connectivity index (χ1) is 2.94. The molecule has 0 unspecified atom stereocenters. The van der Waals surface area contributed by atoms with E-state index in [1.165, 1.54) is 0 Å². The van der Waals surface area contributed by atoms with Crippen LogP contribution in [0.25, 0.3) is 0 Å². The minimum Gasteiger partial charge on any atom is -0.272 e. The summed E-state index contributed by atoms with van der Waals surface area (Å²) in [6.07, 6.45) is 0. The quantitative estimate of drug-likeness (QED) is 0.387. The third-order valence-corrected chi connectivity index (χ3v) is 0.954. The molecule has 0 radical (unpaired) electrons. The Hall–Kier alpha value is -0.200. The topological polar surface area (TPSA) is 57.6 Å². The first kappa shape index (κ1) is 6.80. The Bertz CT molecular complexity index is 137. The second-order valence-electron chi connectivity index (χ2n) is 0.868. The Balaban J connectivity index is 4.10. The molecule has 0 aromatic rings. The van der Waals surface area contributed by atoms with Crippen molar-refractivity contribution in [3.63, 3.8) is 0 Å². The van der Waals surface area contributed by atoms with Gasteiger partial charge < -0.3 is 0 Å².